The predicted molar refractivity (Wildman–Crippen MR) is 63.5 cm³/mol. The van der Waals surface area contributed by atoms with Gasteiger partial charge < -0.3 is 5.32 Å². The number of hydrogen-bond donors (Lipinski definition) is 1. The first-order valence-corrected chi connectivity index (χ1v) is 5.02. The maximum absolute atomic E-state index is 10.7. The zero-order valence-electron chi connectivity index (χ0n) is 9.72. The van der Waals surface area contributed by atoms with Gasteiger partial charge in [0, 0.05) is 13.1 Å². The summed E-state index contributed by atoms with van der Waals surface area (Å²) in [4.78, 5) is 10.7. The summed E-state index contributed by atoms with van der Waals surface area (Å²) in [7, 11) is 0. The monoisotopic (exact) mass is 203 g/mol. The van der Waals surface area contributed by atoms with E-state index in [1.165, 1.54) is 23.6 Å². The quantitative estimate of drug-likeness (QED) is 0.786. The van der Waals surface area contributed by atoms with Gasteiger partial charge in [-0.25, -0.2) is 0 Å². The Morgan fingerprint density at radius 3 is 2.33 bits per heavy atom. The molecule has 15 heavy (non-hydrogen) atoms. The summed E-state index contributed by atoms with van der Waals surface area (Å²) in [6, 6.07) is 4.28. The van der Waals surface area contributed by atoms with Gasteiger partial charge in [0.05, 0.1) is 0 Å². The molecule has 0 radical (unpaired) electrons. The maximum Gasteiger partial charge on any atom is 0.220 e. The first kappa shape index (κ1) is 11.5. The number of amides is 1. The van der Waals surface area contributed by atoms with Gasteiger partial charge >= 0.3 is 0 Å². The first-order valence-electron chi connectivity index (χ1n) is 5.02. The van der Waals surface area contributed by atoms with Gasteiger partial charge in [0.15, 0.2) is 0 Å². The normalized spacial score (nSPS) is 10.7. The SMILES string of the molecule is CC(=O)N/C=C/c1cc(C)c(C)cc1C. The fourth-order valence-electron chi connectivity index (χ4n) is 1.41. The van der Waals surface area contributed by atoms with Crippen molar-refractivity contribution < 1.29 is 4.79 Å². The van der Waals surface area contributed by atoms with E-state index >= 15 is 0 Å². The molecule has 1 N–H and O–H groups in total. The van der Waals surface area contributed by atoms with Crippen molar-refractivity contribution in [3.8, 4) is 0 Å². The maximum atomic E-state index is 10.7. The summed E-state index contributed by atoms with van der Waals surface area (Å²) < 4.78 is 0. The van der Waals surface area contributed by atoms with Gasteiger partial charge in [0.2, 0.25) is 5.91 Å². The number of carbonyl (C=O) groups excluding carboxylic acids is 1. The summed E-state index contributed by atoms with van der Waals surface area (Å²) in [5.41, 5.74) is 4.93. The third-order valence-electron chi connectivity index (χ3n) is 2.43. The van der Waals surface area contributed by atoms with Crippen LogP contribution in [0.2, 0.25) is 0 Å². The Morgan fingerprint density at radius 1 is 1.13 bits per heavy atom. The van der Waals surface area contributed by atoms with Crippen LogP contribution < -0.4 is 5.32 Å². The van der Waals surface area contributed by atoms with E-state index in [0.29, 0.717) is 0 Å². The lowest BCUT2D eigenvalue weighted by molar-refractivity contribution is -0.118. The fraction of sp³-hybridized carbons (Fsp3) is 0.308. The van der Waals surface area contributed by atoms with Gasteiger partial charge in [0.1, 0.15) is 0 Å². The topological polar surface area (TPSA) is 29.1 Å². The Morgan fingerprint density at radius 2 is 1.73 bits per heavy atom. The molecule has 0 fully saturated rings. The number of aryl methyl sites for hydroxylation is 3. The second-order valence-corrected chi connectivity index (χ2v) is 3.83. The molecule has 0 saturated carbocycles. The van der Waals surface area contributed by atoms with Gasteiger partial charge in [0.25, 0.3) is 0 Å². The average molecular weight is 203 g/mol. The highest BCUT2D eigenvalue weighted by Gasteiger charge is 1.98. The van der Waals surface area contributed by atoms with Crippen LogP contribution in [0.4, 0.5) is 0 Å². The van der Waals surface area contributed by atoms with Gasteiger partial charge in [-0.05, 0) is 49.1 Å². The van der Waals surface area contributed by atoms with Crippen molar-refractivity contribution in [3.63, 3.8) is 0 Å². The molecule has 1 aromatic carbocycles. The number of benzene rings is 1. The highest BCUT2D eigenvalue weighted by atomic mass is 16.1. The lowest BCUT2D eigenvalue weighted by atomic mass is 10.0. The third-order valence-corrected chi connectivity index (χ3v) is 2.43. The van der Waals surface area contributed by atoms with Crippen molar-refractivity contribution in [1.29, 1.82) is 0 Å². The van der Waals surface area contributed by atoms with E-state index < -0.39 is 0 Å². The van der Waals surface area contributed by atoms with Gasteiger partial charge in [-0.2, -0.15) is 0 Å². The zero-order chi connectivity index (χ0) is 11.4. The molecule has 0 heterocycles. The molecule has 2 nitrogen and oxygen atoms in total. The summed E-state index contributed by atoms with van der Waals surface area (Å²) in [6.45, 7) is 7.76. The molecule has 0 saturated heterocycles. The smallest absolute Gasteiger partial charge is 0.220 e. The van der Waals surface area contributed by atoms with E-state index in [9.17, 15) is 4.79 Å². The van der Waals surface area contributed by atoms with Crippen LogP contribution in [-0.4, -0.2) is 5.91 Å². The molecule has 80 valence electrons. The van der Waals surface area contributed by atoms with E-state index in [0.717, 1.165) is 5.56 Å². The minimum absolute atomic E-state index is 0.0484. The summed E-state index contributed by atoms with van der Waals surface area (Å²) in [6.07, 6.45) is 3.60. The summed E-state index contributed by atoms with van der Waals surface area (Å²) >= 11 is 0. The molecule has 0 aromatic heterocycles. The number of nitrogens with one attached hydrogen (secondary N) is 1. The molecule has 0 spiro atoms. The molecule has 0 aliphatic rings. The van der Waals surface area contributed by atoms with Gasteiger partial charge in [-0.1, -0.05) is 12.1 Å². The van der Waals surface area contributed by atoms with Crippen LogP contribution in [0.3, 0.4) is 0 Å². The van der Waals surface area contributed by atoms with Crippen LogP contribution in [0, 0.1) is 20.8 Å². The van der Waals surface area contributed by atoms with Crippen molar-refractivity contribution >= 4 is 12.0 Å². The Labute approximate surface area is 91.0 Å². The van der Waals surface area contributed by atoms with E-state index in [1.807, 2.05) is 6.08 Å². The van der Waals surface area contributed by atoms with Gasteiger partial charge in [-0.15, -0.1) is 0 Å². The molecule has 0 unspecified atom stereocenters. The summed E-state index contributed by atoms with van der Waals surface area (Å²) in [5, 5.41) is 2.64. The molecule has 0 aliphatic carbocycles. The Hall–Kier alpha value is -1.57. The lowest BCUT2D eigenvalue weighted by Gasteiger charge is -2.05. The van der Waals surface area contributed by atoms with Crippen molar-refractivity contribution in [2.45, 2.75) is 27.7 Å². The first-order chi connectivity index (χ1) is 7.00. The molecule has 0 aliphatic heterocycles. The predicted octanol–water partition coefficient (Wildman–Crippen LogP) is 2.72. The molecule has 0 bridgehead atoms. The molecule has 1 rings (SSSR count). The van der Waals surface area contributed by atoms with Crippen LogP contribution in [-0.2, 0) is 4.79 Å². The molecule has 0 atom stereocenters. The highest BCUT2D eigenvalue weighted by molar-refractivity contribution is 5.75. The van der Waals surface area contributed by atoms with E-state index in [-0.39, 0.29) is 5.91 Å². The summed E-state index contributed by atoms with van der Waals surface area (Å²) in [5.74, 6) is -0.0484. The number of carbonyl (C=O) groups is 1. The number of rotatable bonds is 2. The second-order valence-electron chi connectivity index (χ2n) is 3.83. The molecular weight excluding hydrogens is 186 g/mol. The Balaban J connectivity index is 2.90. The molecular formula is C13H17NO. The van der Waals surface area contributed by atoms with Crippen LogP contribution in [0.1, 0.15) is 29.2 Å². The zero-order valence-corrected chi connectivity index (χ0v) is 9.72. The van der Waals surface area contributed by atoms with E-state index in [1.54, 1.807) is 6.20 Å². The minimum Gasteiger partial charge on any atom is -0.333 e. The Bertz CT molecular complexity index is 405. The Kier molecular flexibility index (Phi) is 3.67. The van der Waals surface area contributed by atoms with Crippen molar-refractivity contribution in [3.05, 3.63) is 40.6 Å². The third kappa shape index (κ3) is 3.24. The molecule has 2 heteroatoms. The lowest BCUT2D eigenvalue weighted by Crippen LogP contribution is -2.11. The average Bonchev–Trinajstić information content (AvgIpc) is 2.13. The number of hydrogen-bond acceptors (Lipinski definition) is 1. The van der Waals surface area contributed by atoms with Crippen LogP contribution >= 0.6 is 0 Å². The van der Waals surface area contributed by atoms with Crippen LogP contribution in [0.25, 0.3) is 6.08 Å². The largest absolute Gasteiger partial charge is 0.333 e. The molecule has 1 aromatic rings. The second kappa shape index (κ2) is 4.78. The van der Waals surface area contributed by atoms with E-state index in [2.05, 4.69) is 38.2 Å². The fourth-order valence-corrected chi connectivity index (χ4v) is 1.41. The highest BCUT2D eigenvalue weighted by Crippen LogP contribution is 2.16. The molecule has 1 amide bonds. The van der Waals surface area contributed by atoms with Crippen molar-refractivity contribution in [1.82, 2.24) is 5.32 Å². The van der Waals surface area contributed by atoms with Crippen molar-refractivity contribution in [2.75, 3.05) is 0 Å². The van der Waals surface area contributed by atoms with Crippen molar-refractivity contribution in [2.24, 2.45) is 0 Å². The van der Waals surface area contributed by atoms with Crippen LogP contribution in [0.5, 0.6) is 0 Å². The van der Waals surface area contributed by atoms with Gasteiger partial charge in [-0.3, -0.25) is 4.79 Å². The standard InChI is InChI=1S/C13H17NO/c1-9-7-11(3)13(8-10(9)2)5-6-14-12(4)15/h5-8H,1-4H3,(H,14,15)/b6-5+. The minimum atomic E-state index is -0.0484. The van der Waals surface area contributed by atoms with Crippen LogP contribution in [0.15, 0.2) is 18.3 Å². The van der Waals surface area contributed by atoms with E-state index in [4.69, 9.17) is 0 Å².